The Hall–Kier alpha value is -1.34. The number of hydrogen-bond acceptors (Lipinski definition) is 5. The van der Waals surface area contributed by atoms with E-state index in [0.29, 0.717) is 5.92 Å². The summed E-state index contributed by atoms with van der Waals surface area (Å²) in [5.74, 6) is 3.91. The number of rotatable bonds is 4. The number of benzene rings is 1. The van der Waals surface area contributed by atoms with E-state index in [1.165, 1.54) is 34.0 Å². The predicted octanol–water partition coefficient (Wildman–Crippen LogP) is 5.19. The van der Waals surface area contributed by atoms with Crippen molar-refractivity contribution in [3.05, 3.63) is 52.1 Å². The first-order valence-corrected chi connectivity index (χ1v) is 12.1. The molecule has 0 unspecified atom stereocenters. The van der Waals surface area contributed by atoms with Crippen molar-refractivity contribution >= 4 is 34.7 Å². The Morgan fingerprint density at radius 2 is 1.86 bits per heavy atom. The third-order valence-corrected chi connectivity index (χ3v) is 8.10. The average molecular weight is 431 g/mol. The molecule has 1 saturated heterocycles. The number of likely N-dealkylation sites (tertiary alicyclic amines) is 1. The van der Waals surface area contributed by atoms with E-state index in [1.54, 1.807) is 11.3 Å². The molecule has 0 amide bonds. The summed E-state index contributed by atoms with van der Waals surface area (Å²) in [4.78, 5) is 5.24. The lowest BCUT2D eigenvalue weighted by atomic mass is 9.95. The molecule has 0 atom stereocenters. The van der Waals surface area contributed by atoms with Gasteiger partial charge in [-0.05, 0) is 61.5 Å². The topological polar surface area (TPSA) is 34.0 Å². The molecule has 0 spiro atoms. The minimum Gasteiger partial charge on any atom is -0.309 e. The van der Waals surface area contributed by atoms with Crippen molar-refractivity contribution in [1.29, 1.82) is 0 Å². The summed E-state index contributed by atoms with van der Waals surface area (Å²) in [7, 11) is 0. The van der Waals surface area contributed by atoms with Gasteiger partial charge in [0.15, 0.2) is 5.82 Å². The molecule has 2 aromatic heterocycles. The van der Waals surface area contributed by atoms with Crippen LogP contribution in [0.25, 0.3) is 10.7 Å². The lowest BCUT2D eigenvalue weighted by Gasteiger charge is -2.31. The van der Waals surface area contributed by atoms with Gasteiger partial charge < -0.3 is 9.47 Å². The van der Waals surface area contributed by atoms with Crippen molar-refractivity contribution in [1.82, 2.24) is 19.7 Å². The predicted molar refractivity (Wildman–Crippen MR) is 118 cm³/mol. The maximum atomic E-state index is 5.98. The average Bonchev–Trinajstić information content (AvgIpc) is 3.32. The Bertz CT molecular complexity index is 942. The third kappa shape index (κ3) is 3.75. The number of thiophene rings is 1. The van der Waals surface area contributed by atoms with Gasteiger partial charge in [-0.25, -0.2) is 0 Å². The molecule has 0 saturated carbocycles. The van der Waals surface area contributed by atoms with Crippen LogP contribution in [0.1, 0.15) is 30.1 Å². The van der Waals surface area contributed by atoms with E-state index in [9.17, 15) is 0 Å². The van der Waals surface area contributed by atoms with Crippen molar-refractivity contribution in [2.75, 3.05) is 25.4 Å². The molecule has 7 heteroatoms. The fourth-order valence-corrected chi connectivity index (χ4v) is 6.37. The summed E-state index contributed by atoms with van der Waals surface area (Å²) < 4.78 is 2.39. The highest BCUT2D eigenvalue weighted by Gasteiger charge is 2.28. The van der Waals surface area contributed by atoms with Crippen LogP contribution in [-0.2, 0) is 13.0 Å². The van der Waals surface area contributed by atoms with Crippen LogP contribution in [0.5, 0.6) is 0 Å². The second-order valence-corrected chi connectivity index (χ2v) is 9.98. The fraction of sp³-hybridized carbons (Fsp3) is 0.429. The number of halogens is 1. The lowest BCUT2D eigenvalue weighted by Crippen LogP contribution is -2.35. The quantitative estimate of drug-likeness (QED) is 0.570. The second-order valence-electron chi connectivity index (χ2n) is 7.49. The number of piperidine rings is 1. The normalized spacial score (nSPS) is 17.9. The Labute approximate surface area is 178 Å². The van der Waals surface area contributed by atoms with Gasteiger partial charge in [0.1, 0.15) is 5.82 Å². The number of nitrogens with zero attached hydrogens (tertiary/aromatic N) is 4. The molecule has 3 aromatic rings. The minimum absolute atomic E-state index is 0.527. The van der Waals surface area contributed by atoms with Gasteiger partial charge in [0.05, 0.1) is 4.88 Å². The fourth-order valence-electron chi connectivity index (χ4n) is 4.18. The van der Waals surface area contributed by atoms with Crippen LogP contribution < -0.4 is 0 Å². The largest absolute Gasteiger partial charge is 0.309 e. The van der Waals surface area contributed by atoms with Crippen LogP contribution in [-0.4, -0.2) is 45.1 Å². The molecular weight excluding hydrogens is 408 g/mol. The van der Waals surface area contributed by atoms with Crippen molar-refractivity contribution in [2.45, 2.75) is 36.6 Å². The SMILES string of the molecule is Clc1ccc(CCN2CCC(c3nnc4n3CCSc3ccsc3-4)CC2)cc1. The molecule has 28 heavy (non-hydrogen) atoms. The molecule has 4 heterocycles. The van der Waals surface area contributed by atoms with Crippen molar-refractivity contribution in [2.24, 2.45) is 0 Å². The number of hydrogen-bond donors (Lipinski definition) is 0. The molecular formula is C21H23ClN4S2. The third-order valence-electron chi connectivity index (χ3n) is 5.77. The first kappa shape index (κ1) is 18.7. The van der Waals surface area contributed by atoms with Crippen molar-refractivity contribution in [3.8, 4) is 10.7 Å². The Balaban J connectivity index is 1.23. The number of fused-ring (bicyclic) bond motifs is 3. The van der Waals surface area contributed by atoms with Gasteiger partial charge in [0, 0.05) is 34.7 Å². The second kappa shape index (κ2) is 8.19. The van der Waals surface area contributed by atoms with Gasteiger partial charge in [-0.15, -0.1) is 33.3 Å². The summed E-state index contributed by atoms with van der Waals surface area (Å²) in [6.45, 7) is 4.40. The molecule has 1 fully saturated rings. The zero-order valence-electron chi connectivity index (χ0n) is 15.7. The molecule has 2 aliphatic rings. The Morgan fingerprint density at radius 1 is 1.04 bits per heavy atom. The van der Waals surface area contributed by atoms with Crippen LogP contribution >= 0.6 is 34.7 Å². The van der Waals surface area contributed by atoms with Gasteiger partial charge in [-0.2, -0.15) is 0 Å². The number of thioether (sulfide) groups is 1. The summed E-state index contributed by atoms with van der Waals surface area (Å²) in [6.07, 6.45) is 3.42. The molecule has 0 bridgehead atoms. The standard InChI is InChI=1S/C21H23ClN4S2/c22-17-3-1-15(2-4-17)5-9-25-10-6-16(7-11-25)20-23-24-21-19-18(8-13-28-19)27-14-12-26(20)21/h1-4,8,13,16H,5-7,9-12,14H2. The molecule has 0 aliphatic carbocycles. The van der Waals surface area contributed by atoms with E-state index in [0.717, 1.165) is 49.2 Å². The van der Waals surface area contributed by atoms with E-state index in [2.05, 4.69) is 43.2 Å². The monoisotopic (exact) mass is 430 g/mol. The molecule has 0 N–H and O–H groups in total. The smallest absolute Gasteiger partial charge is 0.175 e. The first-order valence-electron chi connectivity index (χ1n) is 9.88. The summed E-state index contributed by atoms with van der Waals surface area (Å²) in [5, 5.41) is 12.2. The highest BCUT2D eigenvalue weighted by molar-refractivity contribution is 7.99. The van der Waals surface area contributed by atoms with E-state index < -0.39 is 0 Å². The summed E-state index contributed by atoms with van der Waals surface area (Å²) in [5.41, 5.74) is 1.36. The van der Waals surface area contributed by atoms with Crippen LogP contribution in [0.15, 0.2) is 40.6 Å². The van der Waals surface area contributed by atoms with Crippen LogP contribution in [0.3, 0.4) is 0 Å². The van der Waals surface area contributed by atoms with E-state index in [-0.39, 0.29) is 0 Å². The maximum Gasteiger partial charge on any atom is 0.175 e. The van der Waals surface area contributed by atoms with E-state index in [1.807, 2.05) is 23.9 Å². The maximum absolute atomic E-state index is 5.98. The highest BCUT2D eigenvalue weighted by Crippen LogP contribution is 2.40. The van der Waals surface area contributed by atoms with Crippen molar-refractivity contribution < 1.29 is 0 Å². The van der Waals surface area contributed by atoms with Crippen LogP contribution in [0.4, 0.5) is 0 Å². The van der Waals surface area contributed by atoms with Gasteiger partial charge in [-0.3, -0.25) is 0 Å². The van der Waals surface area contributed by atoms with E-state index >= 15 is 0 Å². The van der Waals surface area contributed by atoms with Crippen molar-refractivity contribution in [3.63, 3.8) is 0 Å². The molecule has 0 radical (unpaired) electrons. The molecule has 4 nitrogen and oxygen atoms in total. The molecule has 2 aliphatic heterocycles. The Kier molecular flexibility index (Phi) is 5.46. The highest BCUT2D eigenvalue weighted by atomic mass is 35.5. The number of aromatic nitrogens is 3. The molecule has 146 valence electrons. The molecule has 5 rings (SSSR count). The zero-order chi connectivity index (χ0) is 18.9. The first-order chi connectivity index (χ1) is 13.8. The van der Waals surface area contributed by atoms with Crippen LogP contribution in [0.2, 0.25) is 5.02 Å². The summed E-state index contributed by atoms with van der Waals surface area (Å²) >= 11 is 9.71. The van der Waals surface area contributed by atoms with E-state index in [4.69, 9.17) is 11.6 Å². The van der Waals surface area contributed by atoms with Gasteiger partial charge in [0.25, 0.3) is 0 Å². The summed E-state index contributed by atoms with van der Waals surface area (Å²) in [6, 6.07) is 10.5. The lowest BCUT2D eigenvalue weighted by molar-refractivity contribution is 0.210. The van der Waals surface area contributed by atoms with Gasteiger partial charge >= 0.3 is 0 Å². The molecule has 1 aromatic carbocycles. The zero-order valence-corrected chi connectivity index (χ0v) is 18.1. The van der Waals surface area contributed by atoms with Gasteiger partial charge in [0.2, 0.25) is 0 Å². The van der Waals surface area contributed by atoms with Crippen LogP contribution in [0, 0.1) is 0 Å². The van der Waals surface area contributed by atoms with Gasteiger partial charge in [-0.1, -0.05) is 23.7 Å². The minimum atomic E-state index is 0.527. The Morgan fingerprint density at radius 3 is 2.68 bits per heavy atom.